The first-order chi connectivity index (χ1) is 10.1. The Morgan fingerprint density at radius 1 is 0.952 bits per heavy atom. The molecule has 0 heterocycles. The van der Waals surface area contributed by atoms with Crippen molar-refractivity contribution in [2.24, 2.45) is 0 Å². The molecule has 0 bridgehead atoms. The second-order valence-electron chi connectivity index (χ2n) is 5.07. The van der Waals surface area contributed by atoms with E-state index in [1.165, 1.54) is 11.6 Å². The quantitative estimate of drug-likeness (QED) is 0.463. The minimum atomic E-state index is -0.328. The molecule has 0 radical (unpaired) electrons. The van der Waals surface area contributed by atoms with Crippen molar-refractivity contribution in [3.05, 3.63) is 81.6 Å². The van der Waals surface area contributed by atoms with Gasteiger partial charge in [0.25, 0.3) is 0 Å². The lowest BCUT2D eigenvalue weighted by Crippen LogP contribution is -1.97. The van der Waals surface area contributed by atoms with Gasteiger partial charge in [-0.25, -0.2) is 4.39 Å². The van der Waals surface area contributed by atoms with Crippen LogP contribution in [0.5, 0.6) is 0 Å². The highest BCUT2D eigenvalue weighted by Crippen LogP contribution is 2.38. The lowest BCUT2D eigenvalue weighted by molar-refractivity contribution is 0.639. The van der Waals surface area contributed by atoms with Gasteiger partial charge in [-0.2, -0.15) is 0 Å². The Morgan fingerprint density at radius 2 is 1.62 bits per heavy atom. The molecule has 0 aliphatic heterocycles. The number of halogens is 3. The smallest absolute Gasteiger partial charge is 0.131 e. The van der Waals surface area contributed by atoms with Crippen molar-refractivity contribution in [3.8, 4) is 0 Å². The summed E-state index contributed by atoms with van der Waals surface area (Å²) in [5, 5.41) is 1.12. The molecular formula is C18H13BrClF. The van der Waals surface area contributed by atoms with Crippen molar-refractivity contribution >= 4 is 38.3 Å². The molecule has 0 saturated heterocycles. The lowest BCUT2D eigenvalue weighted by Gasteiger charge is -2.15. The molecule has 21 heavy (non-hydrogen) atoms. The van der Waals surface area contributed by atoms with E-state index in [2.05, 4.69) is 15.9 Å². The van der Waals surface area contributed by atoms with Gasteiger partial charge in [-0.3, -0.25) is 0 Å². The SMILES string of the molecule is Cc1ccc(C(Cl)c2ccc(F)c3ccccc23)c(Br)c1. The highest BCUT2D eigenvalue weighted by atomic mass is 79.9. The van der Waals surface area contributed by atoms with Crippen LogP contribution in [0.1, 0.15) is 22.1 Å². The van der Waals surface area contributed by atoms with Gasteiger partial charge in [0.05, 0.1) is 5.38 Å². The van der Waals surface area contributed by atoms with E-state index in [0.717, 1.165) is 21.0 Å². The number of aryl methyl sites for hydroxylation is 1. The Kier molecular flexibility index (Phi) is 4.01. The average Bonchev–Trinajstić information content (AvgIpc) is 2.47. The number of hydrogen-bond donors (Lipinski definition) is 0. The lowest BCUT2D eigenvalue weighted by atomic mass is 9.97. The average molecular weight is 364 g/mol. The number of alkyl halides is 1. The molecular weight excluding hydrogens is 351 g/mol. The van der Waals surface area contributed by atoms with Gasteiger partial charge in [0, 0.05) is 9.86 Å². The zero-order chi connectivity index (χ0) is 15.0. The Morgan fingerprint density at radius 3 is 2.33 bits per heavy atom. The zero-order valence-electron chi connectivity index (χ0n) is 11.4. The van der Waals surface area contributed by atoms with E-state index in [0.29, 0.717) is 5.39 Å². The molecule has 0 aromatic heterocycles. The maximum absolute atomic E-state index is 13.9. The van der Waals surface area contributed by atoms with Gasteiger partial charge >= 0.3 is 0 Å². The summed E-state index contributed by atoms with van der Waals surface area (Å²) in [5.74, 6) is -0.221. The topological polar surface area (TPSA) is 0 Å². The van der Waals surface area contributed by atoms with Crippen LogP contribution >= 0.6 is 27.5 Å². The van der Waals surface area contributed by atoms with Gasteiger partial charge in [0.1, 0.15) is 5.82 Å². The largest absolute Gasteiger partial charge is 0.206 e. The van der Waals surface area contributed by atoms with E-state index in [4.69, 9.17) is 11.6 Å². The van der Waals surface area contributed by atoms with Gasteiger partial charge in [0.15, 0.2) is 0 Å². The van der Waals surface area contributed by atoms with Gasteiger partial charge in [-0.15, -0.1) is 11.6 Å². The highest BCUT2D eigenvalue weighted by molar-refractivity contribution is 9.10. The normalized spacial score (nSPS) is 12.6. The van der Waals surface area contributed by atoms with Gasteiger partial charge in [-0.1, -0.05) is 58.4 Å². The van der Waals surface area contributed by atoms with Crippen LogP contribution in [0.15, 0.2) is 59.1 Å². The van der Waals surface area contributed by atoms with Crippen LogP contribution in [0, 0.1) is 12.7 Å². The maximum atomic E-state index is 13.9. The molecule has 0 fully saturated rings. The predicted molar refractivity (Wildman–Crippen MR) is 90.5 cm³/mol. The highest BCUT2D eigenvalue weighted by Gasteiger charge is 2.17. The molecule has 0 amide bonds. The first-order valence-corrected chi connectivity index (χ1v) is 7.88. The molecule has 3 heteroatoms. The van der Waals surface area contributed by atoms with E-state index in [-0.39, 0.29) is 11.2 Å². The van der Waals surface area contributed by atoms with Crippen molar-refractivity contribution in [2.75, 3.05) is 0 Å². The molecule has 1 unspecified atom stereocenters. The molecule has 0 N–H and O–H groups in total. The monoisotopic (exact) mass is 362 g/mol. The molecule has 106 valence electrons. The third-order valence-electron chi connectivity index (χ3n) is 3.61. The third kappa shape index (κ3) is 2.70. The molecule has 0 spiro atoms. The number of benzene rings is 3. The fraction of sp³-hybridized carbons (Fsp3) is 0.111. The first-order valence-electron chi connectivity index (χ1n) is 6.65. The first kappa shape index (κ1) is 14.6. The molecule has 3 aromatic rings. The van der Waals surface area contributed by atoms with Gasteiger partial charge in [-0.05, 0) is 41.1 Å². The third-order valence-corrected chi connectivity index (χ3v) is 4.76. The molecule has 0 aliphatic carbocycles. The molecule has 0 nitrogen and oxygen atoms in total. The number of rotatable bonds is 2. The number of hydrogen-bond acceptors (Lipinski definition) is 0. The van der Waals surface area contributed by atoms with Gasteiger partial charge < -0.3 is 0 Å². The van der Waals surface area contributed by atoms with Gasteiger partial charge in [0.2, 0.25) is 0 Å². The molecule has 0 aliphatic rings. The second kappa shape index (κ2) is 5.78. The van der Waals surface area contributed by atoms with Crippen LogP contribution in [0.3, 0.4) is 0 Å². The summed E-state index contributed by atoms with van der Waals surface area (Å²) in [6.45, 7) is 2.03. The minimum Gasteiger partial charge on any atom is -0.206 e. The summed E-state index contributed by atoms with van der Waals surface area (Å²) in [6, 6.07) is 16.7. The Bertz CT molecular complexity index is 813. The molecule has 3 rings (SSSR count). The summed E-state index contributed by atoms with van der Waals surface area (Å²) in [6.07, 6.45) is 0. The van der Waals surface area contributed by atoms with Crippen molar-refractivity contribution in [1.29, 1.82) is 0 Å². The fourth-order valence-corrected chi connectivity index (χ4v) is 3.75. The predicted octanol–water partition coefficient (Wildman–Crippen LogP) is 6.38. The van der Waals surface area contributed by atoms with Crippen LogP contribution in [0.2, 0.25) is 0 Å². The Hall–Kier alpha value is -1.38. The summed E-state index contributed by atoms with van der Waals surface area (Å²) in [5.41, 5.74) is 3.07. The van der Waals surface area contributed by atoms with E-state index in [9.17, 15) is 4.39 Å². The van der Waals surface area contributed by atoms with Crippen molar-refractivity contribution < 1.29 is 4.39 Å². The Balaban J connectivity index is 2.18. The van der Waals surface area contributed by atoms with E-state index in [1.807, 2.05) is 43.3 Å². The van der Waals surface area contributed by atoms with Crippen molar-refractivity contribution in [2.45, 2.75) is 12.3 Å². The van der Waals surface area contributed by atoms with Crippen LogP contribution in [0.25, 0.3) is 10.8 Å². The number of fused-ring (bicyclic) bond motifs is 1. The van der Waals surface area contributed by atoms with E-state index < -0.39 is 0 Å². The summed E-state index contributed by atoms with van der Waals surface area (Å²) in [7, 11) is 0. The van der Waals surface area contributed by atoms with E-state index >= 15 is 0 Å². The van der Waals surface area contributed by atoms with Crippen molar-refractivity contribution in [3.63, 3.8) is 0 Å². The fourth-order valence-electron chi connectivity index (χ4n) is 2.51. The second-order valence-corrected chi connectivity index (χ2v) is 6.36. The molecule has 0 saturated carbocycles. The Labute approximate surface area is 136 Å². The van der Waals surface area contributed by atoms with Crippen LogP contribution < -0.4 is 0 Å². The van der Waals surface area contributed by atoms with Crippen LogP contribution in [0.4, 0.5) is 4.39 Å². The summed E-state index contributed by atoms with van der Waals surface area (Å²) in [4.78, 5) is 0. The standard InChI is InChI=1S/C18H13BrClF/c1-11-6-7-15(16(19)10-11)18(20)14-8-9-17(21)13-5-3-2-4-12(13)14/h2-10,18H,1H3. The minimum absolute atomic E-state index is 0.221. The van der Waals surface area contributed by atoms with Crippen LogP contribution in [-0.2, 0) is 0 Å². The van der Waals surface area contributed by atoms with Crippen LogP contribution in [-0.4, -0.2) is 0 Å². The molecule has 3 aromatic carbocycles. The zero-order valence-corrected chi connectivity index (χ0v) is 13.7. The summed E-state index contributed by atoms with van der Waals surface area (Å²) >= 11 is 10.2. The van der Waals surface area contributed by atoms with Crippen molar-refractivity contribution in [1.82, 2.24) is 0 Å². The van der Waals surface area contributed by atoms with E-state index in [1.54, 1.807) is 12.1 Å². The molecule has 1 atom stereocenters. The maximum Gasteiger partial charge on any atom is 0.131 e. The summed E-state index contributed by atoms with van der Waals surface area (Å²) < 4.78 is 14.9.